The average molecular weight is 344 g/mol. The van der Waals surface area contributed by atoms with Crippen LogP contribution in [0.4, 0.5) is 0 Å². The maximum atomic E-state index is 11.8. The number of likely N-dealkylation sites (N-methyl/N-ethyl adjacent to an activating group) is 1. The second-order valence-electron chi connectivity index (χ2n) is 4.12. The topological polar surface area (TPSA) is 143 Å². The molecule has 3 amide bonds. The Hall–Kier alpha value is -1.90. The normalized spacial score (nSPS) is 11.1. The SMILES string of the molecule is CN(C(=O)CNC(=O)C[NH-])[C@H](Cc1cnc[nH]1)C([NH-])=O.[Cu+2]. The number of nitrogens with one attached hydrogen (secondary N) is 4. The molecule has 1 aromatic heterocycles. The van der Waals surface area contributed by atoms with E-state index in [-0.39, 0.29) is 30.0 Å². The van der Waals surface area contributed by atoms with Crippen LogP contribution in [0.2, 0.25) is 0 Å². The molecule has 1 radical (unpaired) electrons. The first-order valence-electron chi connectivity index (χ1n) is 5.85. The van der Waals surface area contributed by atoms with Crippen LogP contribution in [0, 0.1) is 0 Å². The van der Waals surface area contributed by atoms with Gasteiger partial charge in [0.2, 0.25) is 5.91 Å². The number of nitrogens with zero attached hydrogens (tertiary/aromatic N) is 2. The maximum absolute atomic E-state index is 11.8. The molecule has 1 heterocycles. The second-order valence-corrected chi connectivity index (χ2v) is 4.12. The fourth-order valence-corrected chi connectivity index (χ4v) is 1.55. The minimum absolute atomic E-state index is 0. The van der Waals surface area contributed by atoms with Crippen LogP contribution in [-0.4, -0.2) is 58.8 Å². The van der Waals surface area contributed by atoms with E-state index in [4.69, 9.17) is 11.5 Å². The quantitative estimate of drug-likeness (QED) is 0.644. The molecule has 0 fully saturated rings. The van der Waals surface area contributed by atoms with Crippen molar-refractivity contribution in [3.63, 3.8) is 0 Å². The van der Waals surface area contributed by atoms with Gasteiger partial charge in [-0.2, -0.15) is 0 Å². The molecule has 0 unspecified atom stereocenters. The van der Waals surface area contributed by atoms with Crippen molar-refractivity contribution in [1.82, 2.24) is 20.2 Å². The Morgan fingerprint density at radius 1 is 1.48 bits per heavy atom. The molecular formula is C11H16CuN6O3. The summed E-state index contributed by atoms with van der Waals surface area (Å²) in [7, 11) is 1.39. The number of imidazole rings is 1. The van der Waals surface area contributed by atoms with Crippen molar-refractivity contribution in [1.29, 1.82) is 0 Å². The van der Waals surface area contributed by atoms with Gasteiger partial charge in [0.1, 0.15) is 0 Å². The molecule has 119 valence electrons. The minimum Gasteiger partial charge on any atom is -0.670 e. The molecule has 0 bridgehead atoms. The van der Waals surface area contributed by atoms with E-state index < -0.39 is 30.3 Å². The number of aromatic nitrogens is 2. The minimum atomic E-state index is -0.948. The zero-order chi connectivity index (χ0) is 15.1. The van der Waals surface area contributed by atoms with Crippen LogP contribution in [0.25, 0.3) is 11.5 Å². The zero-order valence-electron chi connectivity index (χ0n) is 11.3. The Bertz CT molecular complexity index is 478. The smallest absolute Gasteiger partial charge is 0.670 e. The van der Waals surface area contributed by atoms with E-state index in [1.807, 2.05) is 0 Å². The van der Waals surface area contributed by atoms with Gasteiger partial charge in [-0.1, -0.05) is 6.54 Å². The maximum Gasteiger partial charge on any atom is 2.00 e. The van der Waals surface area contributed by atoms with Crippen LogP contribution < -0.4 is 5.32 Å². The van der Waals surface area contributed by atoms with Crippen LogP contribution in [-0.2, 0) is 37.9 Å². The van der Waals surface area contributed by atoms with Gasteiger partial charge in [-0.25, -0.2) is 4.98 Å². The summed E-state index contributed by atoms with van der Waals surface area (Å²) in [6.07, 6.45) is 3.10. The number of H-pyrrole nitrogens is 1. The first-order valence-corrected chi connectivity index (χ1v) is 5.85. The number of rotatable bonds is 7. The van der Waals surface area contributed by atoms with Gasteiger partial charge in [0.25, 0.3) is 0 Å². The van der Waals surface area contributed by atoms with Gasteiger partial charge < -0.3 is 31.5 Å². The molecule has 1 rings (SSSR count). The summed E-state index contributed by atoms with van der Waals surface area (Å²) in [5.41, 5.74) is 14.7. The van der Waals surface area contributed by atoms with Crippen LogP contribution >= 0.6 is 0 Å². The van der Waals surface area contributed by atoms with Gasteiger partial charge in [0, 0.05) is 25.4 Å². The van der Waals surface area contributed by atoms with E-state index in [0.29, 0.717) is 5.69 Å². The monoisotopic (exact) mass is 343 g/mol. The average Bonchev–Trinajstić information content (AvgIpc) is 2.93. The molecular weight excluding hydrogens is 328 g/mol. The van der Waals surface area contributed by atoms with Crippen LogP contribution in [0.1, 0.15) is 5.69 Å². The van der Waals surface area contributed by atoms with Gasteiger partial charge in [-0.05, 0) is 0 Å². The molecule has 1 aromatic rings. The molecule has 0 saturated heterocycles. The third-order valence-electron chi connectivity index (χ3n) is 2.73. The molecule has 4 N–H and O–H groups in total. The van der Waals surface area contributed by atoms with E-state index in [1.165, 1.54) is 19.6 Å². The van der Waals surface area contributed by atoms with Crippen molar-refractivity contribution in [2.45, 2.75) is 12.5 Å². The summed E-state index contributed by atoms with van der Waals surface area (Å²) in [5.74, 6) is -1.98. The zero-order valence-corrected chi connectivity index (χ0v) is 12.2. The number of aromatic amines is 1. The van der Waals surface area contributed by atoms with E-state index in [1.54, 1.807) is 0 Å². The first-order chi connectivity index (χ1) is 9.45. The van der Waals surface area contributed by atoms with Gasteiger partial charge in [0.15, 0.2) is 5.91 Å². The summed E-state index contributed by atoms with van der Waals surface area (Å²) in [6, 6.07) is -0.948. The molecule has 0 aliphatic rings. The van der Waals surface area contributed by atoms with E-state index in [9.17, 15) is 14.4 Å². The summed E-state index contributed by atoms with van der Waals surface area (Å²) < 4.78 is 0. The number of carbonyl (C=O) groups is 3. The number of amides is 3. The largest absolute Gasteiger partial charge is 2.00 e. The molecule has 0 spiro atoms. The van der Waals surface area contributed by atoms with E-state index in [2.05, 4.69) is 15.3 Å². The fourth-order valence-electron chi connectivity index (χ4n) is 1.55. The van der Waals surface area contributed by atoms with Crippen molar-refractivity contribution in [2.24, 2.45) is 0 Å². The Morgan fingerprint density at radius 3 is 2.62 bits per heavy atom. The molecule has 21 heavy (non-hydrogen) atoms. The fraction of sp³-hybridized carbons (Fsp3) is 0.455. The standard InChI is InChI=1S/C11H17N6O3.Cu/c1-17(10(19)5-15-9(18)3-12)8(11(13)20)2-7-4-14-6-16-7;/h4,6,8,12H,2-3,5H2,1H3,(H4,13,14,15,16,18,20);/q-1;+2/p-1/t8-;/m1./s1. The molecule has 9 nitrogen and oxygen atoms in total. The van der Waals surface area contributed by atoms with Crippen molar-refractivity contribution >= 4 is 17.7 Å². The Labute approximate surface area is 132 Å². The van der Waals surface area contributed by atoms with Gasteiger partial charge in [-0.15, -0.1) is 0 Å². The van der Waals surface area contributed by atoms with Crippen molar-refractivity contribution < 1.29 is 31.5 Å². The van der Waals surface area contributed by atoms with E-state index >= 15 is 0 Å². The molecule has 0 aliphatic heterocycles. The summed E-state index contributed by atoms with van der Waals surface area (Å²) in [6.45, 7) is -0.771. The van der Waals surface area contributed by atoms with Crippen LogP contribution in [0.5, 0.6) is 0 Å². The van der Waals surface area contributed by atoms with Crippen molar-refractivity contribution in [3.05, 3.63) is 29.7 Å². The second kappa shape index (κ2) is 9.11. The van der Waals surface area contributed by atoms with Crippen molar-refractivity contribution in [2.75, 3.05) is 20.1 Å². The van der Waals surface area contributed by atoms with Crippen LogP contribution in [0.3, 0.4) is 0 Å². The Kier molecular flexibility index (Phi) is 8.29. The van der Waals surface area contributed by atoms with Gasteiger partial charge in [-0.3, -0.25) is 9.59 Å². The molecule has 0 saturated carbocycles. The number of hydrogen-bond donors (Lipinski definition) is 2. The van der Waals surface area contributed by atoms with E-state index in [0.717, 1.165) is 4.90 Å². The third-order valence-corrected chi connectivity index (χ3v) is 2.73. The predicted octanol–water partition coefficient (Wildman–Crippen LogP) is -0.476. The molecule has 0 aliphatic carbocycles. The first kappa shape index (κ1) is 19.1. The number of carbonyl (C=O) groups excluding carboxylic acids is 3. The number of hydrogen-bond acceptors (Lipinski definition) is 4. The van der Waals surface area contributed by atoms with Gasteiger partial charge >= 0.3 is 17.1 Å². The summed E-state index contributed by atoms with van der Waals surface area (Å²) in [4.78, 5) is 41.8. The molecule has 0 aromatic carbocycles. The van der Waals surface area contributed by atoms with Crippen LogP contribution in [0.15, 0.2) is 12.5 Å². The van der Waals surface area contributed by atoms with Gasteiger partial charge in [0.05, 0.1) is 24.8 Å². The molecule has 1 atom stereocenters. The molecule has 10 heteroatoms. The predicted molar refractivity (Wildman–Crippen MR) is 70.4 cm³/mol. The Balaban J connectivity index is 0.00000400. The summed E-state index contributed by atoms with van der Waals surface area (Å²) in [5, 5.41) is 2.26. The Morgan fingerprint density at radius 2 is 2.14 bits per heavy atom. The third kappa shape index (κ3) is 5.94. The van der Waals surface area contributed by atoms with Crippen molar-refractivity contribution in [3.8, 4) is 0 Å². The summed E-state index contributed by atoms with van der Waals surface area (Å²) >= 11 is 0.